The standard InChI is InChI=1S/C5H9F2NO/c1-2-3-8-5(9)4(6)7/h4H,2-3H2,1H3,(H,8,9). The van der Waals surface area contributed by atoms with Crippen molar-refractivity contribution in [3.8, 4) is 0 Å². The molecule has 1 N–H and O–H groups in total. The number of hydrogen-bond acceptors (Lipinski definition) is 1. The predicted molar refractivity (Wildman–Crippen MR) is 29.3 cm³/mol. The molecule has 0 rings (SSSR count). The topological polar surface area (TPSA) is 29.1 Å². The third-order valence-corrected chi connectivity index (χ3v) is 0.747. The number of carbonyl (C=O) groups excluding carboxylic acids is 1. The van der Waals surface area contributed by atoms with E-state index in [4.69, 9.17) is 0 Å². The van der Waals surface area contributed by atoms with Crippen molar-refractivity contribution in [1.82, 2.24) is 5.32 Å². The summed E-state index contributed by atoms with van der Waals surface area (Å²) in [7, 11) is 0. The monoisotopic (exact) mass is 137 g/mol. The lowest BCUT2D eigenvalue weighted by molar-refractivity contribution is -0.131. The van der Waals surface area contributed by atoms with E-state index in [1.165, 1.54) is 0 Å². The van der Waals surface area contributed by atoms with Crippen molar-refractivity contribution in [1.29, 1.82) is 0 Å². The van der Waals surface area contributed by atoms with Gasteiger partial charge in [-0.05, 0) is 6.42 Å². The van der Waals surface area contributed by atoms with Gasteiger partial charge >= 0.3 is 6.43 Å². The van der Waals surface area contributed by atoms with Crippen LogP contribution in [0.3, 0.4) is 0 Å². The summed E-state index contributed by atoms with van der Waals surface area (Å²) in [5.41, 5.74) is 0. The zero-order valence-electron chi connectivity index (χ0n) is 5.16. The Morgan fingerprint density at radius 2 is 2.22 bits per heavy atom. The summed E-state index contributed by atoms with van der Waals surface area (Å²) in [6, 6.07) is 0. The lowest BCUT2D eigenvalue weighted by atomic mass is 10.5. The Kier molecular flexibility index (Phi) is 3.92. The summed E-state index contributed by atoms with van der Waals surface area (Å²) >= 11 is 0. The normalized spacial score (nSPS) is 9.78. The summed E-state index contributed by atoms with van der Waals surface area (Å²) in [5, 5.41) is 2.04. The highest BCUT2D eigenvalue weighted by Gasteiger charge is 2.12. The van der Waals surface area contributed by atoms with Crippen LogP contribution in [0, 0.1) is 0 Å². The van der Waals surface area contributed by atoms with E-state index in [1.54, 1.807) is 6.92 Å². The molecule has 0 aromatic rings. The highest BCUT2D eigenvalue weighted by atomic mass is 19.3. The molecule has 0 unspecified atom stereocenters. The molecule has 0 aliphatic heterocycles. The highest BCUT2D eigenvalue weighted by molar-refractivity contribution is 5.78. The van der Waals surface area contributed by atoms with Gasteiger partial charge in [0.25, 0.3) is 5.91 Å². The molecular weight excluding hydrogens is 128 g/mol. The van der Waals surface area contributed by atoms with Crippen LogP contribution in [0.25, 0.3) is 0 Å². The first-order valence-electron chi connectivity index (χ1n) is 2.74. The fraction of sp³-hybridized carbons (Fsp3) is 0.800. The SMILES string of the molecule is CCCNC(=O)C(F)F. The molecule has 0 saturated carbocycles. The van der Waals surface area contributed by atoms with Gasteiger partial charge in [0, 0.05) is 6.54 Å². The fourth-order valence-corrected chi connectivity index (χ4v) is 0.325. The van der Waals surface area contributed by atoms with Crippen LogP contribution in [0.5, 0.6) is 0 Å². The third-order valence-electron chi connectivity index (χ3n) is 0.747. The number of alkyl halides is 2. The summed E-state index contributed by atoms with van der Waals surface area (Å²) in [5.74, 6) is -1.18. The molecule has 0 aliphatic rings. The lowest BCUT2D eigenvalue weighted by Crippen LogP contribution is -2.29. The lowest BCUT2D eigenvalue weighted by Gasteiger charge is -1.99. The maximum absolute atomic E-state index is 11.3. The van der Waals surface area contributed by atoms with Gasteiger partial charge in [0.2, 0.25) is 0 Å². The number of rotatable bonds is 3. The van der Waals surface area contributed by atoms with E-state index in [0.29, 0.717) is 13.0 Å². The number of halogens is 2. The average molecular weight is 137 g/mol. The van der Waals surface area contributed by atoms with Gasteiger partial charge in [-0.1, -0.05) is 6.92 Å². The van der Waals surface area contributed by atoms with Gasteiger partial charge in [0.1, 0.15) is 0 Å². The van der Waals surface area contributed by atoms with Crippen LogP contribution >= 0.6 is 0 Å². The molecule has 0 aliphatic carbocycles. The molecule has 0 radical (unpaired) electrons. The van der Waals surface area contributed by atoms with Crippen LogP contribution in [0.15, 0.2) is 0 Å². The van der Waals surface area contributed by atoms with E-state index >= 15 is 0 Å². The van der Waals surface area contributed by atoms with Crippen molar-refractivity contribution in [3.05, 3.63) is 0 Å². The smallest absolute Gasteiger partial charge is 0.315 e. The molecule has 0 atom stereocenters. The summed E-state index contributed by atoms with van der Waals surface area (Å²) in [6.07, 6.45) is -2.20. The number of carbonyl (C=O) groups is 1. The predicted octanol–water partition coefficient (Wildman–Crippen LogP) is 0.778. The Hall–Kier alpha value is -0.670. The number of nitrogens with one attached hydrogen (secondary N) is 1. The minimum Gasteiger partial charge on any atom is -0.351 e. The third kappa shape index (κ3) is 3.88. The first kappa shape index (κ1) is 8.33. The van der Waals surface area contributed by atoms with Crippen molar-refractivity contribution < 1.29 is 13.6 Å². The molecule has 0 heterocycles. The van der Waals surface area contributed by atoms with E-state index in [-0.39, 0.29) is 0 Å². The van der Waals surface area contributed by atoms with Gasteiger partial charge in [-0.15, -0.1) is 0 Å². The zero-order chi connectivity index (χ0) is 7.28. The molecule has 0 fully saturated rings. The fourth-order valence-electron chi connectivity index (χ4n) is 0.325. The molecule has 0 spiro atoms. The summed E-state index contributed by atoms with van der Waals surface area (Å²) in [4.78, 5) is 10.0. The molecule has 0 saturated heterocycles. The molecule has 54 valence electrons. The van der Waals surface area contributed by atoms with Crippen molar-refractivity contribution in [2.45, 2.75) is 19.8 Å². The van der Waals surface area contributed by atoms with Crippen molar-refractivity contribution >= 4 is 5.91 Å². The van der Waals surface area contributed by atoms with Gasteiger partial charge in [-0.25, -0.2) is 0 Å². The molecule has 1 amide bonds. The summed E-state index contributed by atoms with van der Waals surface area (Å²) < 4.78 is 22.7. The van der Waals surface area contributed by atoms with Crippen LogP contribution < -0.4 is 5.32 Å². The summed E-state index contributed by atoms with van der Waals surface area (Å²) in [6.45, 7) is 2.12. The van der Waals surface area contributed by atoms with Gasteiger partial charge < -0.3 is 5.32 Å². The Bertz CT molecular complexity index is 95.0. The minimum absolute atomic E-state index is 0.323. The Morgan fingerprint density at radius 1 is 1.67 bits per heavy atom. The van der Waals surface area contributed by atoms with Crippen LogP contribution in [0.2, 0.25) is 0 Å². The van der Waals surface area contributed by atoms with Gasteiger partial charge in [0.15, 0.2) is 0 Å². The Morgan fingerprint density at radius 3 is 2.56 bits per heavy atom. The van der Waals surface area contributed by atoms with Crippen LogP contribution in [-0.2, 0) is 4.79 Å². The second kappa shape index (κ2) is 4.23. The molecule has 0 aromatic carbocycles. The first-order valence-corrected chi connectivity index (χ1v) is 2.74. The minimum atomic E-state index is -2.88. The van der Waals surface area contributed by atoms with Crippen LogP contribution in [-0.4, -0.2) is 18.9 Å². The van der Waals surface area contributed by atoms with E-state index in [0.717, 1.165) is 0 Å². The number of hydrogen-bond donors (Lipinski definition) is 1. The molecular formula is C5H9F2NO. The van der Waals surface area contributed by atoms with Crippen LogP contribution in [0.4, 0.5) is 8.78 Å². The van der Waals surface area contributed by atoms with Crippen molar-refractivity contribution in [2.24, 2.45) is 0 Å². The Balaban J connectivity index is 3.28. The number of amides is 1. The first-order chi connectivity index (χ1) is 4.18. The maximum atomic E-state index is 11.3. The molecule has 2 nitrogen and oxygen atoms in total. The van der Waals surface area contributed by atoms with Crippen molar-refractivity contribution in [2.75, 3.05) is 6.54 Å². The second-order valence-corrected chi connectivity index (χ2v) is 1.59. The van der Waals surface area contributed by atoms with Gasteiger partial charge in [-0.2, -0.15) is 8.78 Å². The molecule has 0 aromatic heterocycles. The van der Waals surface area contributed by atoms with Crippen molar-refractivity contribution in [3.63, 3.8) is 0 Å². The van der Waals surface area contributed by atoms with Crippen LogP contribution in [0.1, 0.15) is 13.3 Å². The molecule has 4 heteroatoms. The van der Waals surface area contributed by atoms with E-state index < -0.39 is 12.3 Å². The zero-order valence-corrected chi connectivity index (χ0v) is 5.16. The van der Waals surface area contributed by atoms with E-state index in [1.807, 2.05) is 5.32 Å². The Labute approximate surface area is 52.2 Å². The molecule has 0 bridgehead atoms. The molecule has 9 heavy (non-hydrogen) atoms. The second-order valence-electron chi connectivity index (χ2n) is 1.59. The quantitative estimate of drug-likeness (QED) is 0.611. The van der Waals surface area contributed by atoms with Gasteiger partial charge in [-0.3, -0.25) is 4.79 Å². The maximum Gasteiger partial charge on any atom is 0.315 e. The largest absolute Gasteiger partial charge is 0.351 e. The highest BCUT2D eigenvalue weighted by Crippen LogP contribution is 1.89. The van der Waals surface area contributed by atoms with Gasteiger partial charge in [0.05, 0.1) is 0 Å². The van der Waals surface area contributed by atoms with E-state index in [2.05, 4.69) is 0 Å². The average Bonchev–Trinajstić information content (AvgIpc) is 1.82. The van der Waals surface area contributed by atoms with E-state index in [9.17, 15) is 13.6 Å².